The minimum absolute atomic E-state index is 0.0491. The summed E-state index contributed by atoms with van der Waals surface area (Å²) >= 11 is 0. The van der Waals surface area contributed by atoms with Gasteiger partial charge in [-0.25, -0.2) is 0 Å². The van der Waals surface area contributed by atoms with Crippen LogP contribution in [0.1, 0.15) is 0 Å². The van der Waals surface area contributed by atoms with Crippen LogP contribution < -0.4 is 30.9 Å². The Hall–Kier alpha value is -5.74. The van der Waals surface area contributed by atoms with Gasteiger partial charge in [-0.15, -0.1) is 0 Å². The van der Waals surface area contributed by atoms with Crippen molar-refractivity contribution in [3.05, 3.63) is 140 Å². The Morgan fingerprint density at radius 2 is 1.02 bits per heavy atom. The first-order chi connectivity index (χ1) is 21.9. The van der Waals surface area contributed by atoms with Crippen LogP contribution in [0.25, 0.3) is 32.3 Å². The maximum Gasteiger partial charge on any atom is 0.261 e. The van der Waals surface area contributed by atoms with E-state index in [-0.39, 0.29) is 6.71 Å². The number of benzene rings is 8. The van der Waals surface area contributed by atoms with Crippen molar-refractivity contribution in [2.75, 3.05) is 9.80 Å². The first-order valence-corrected chi connectivity index (χ1v) is 15.2. The van der Waals surface area contributed by atoms with E-state index in [0.29, 0.717) is 0 Å². The van der Waals surface area contributed by atoms with Crippen molar-refractivity contribution in [3.63, 3.8) is 0 Å². The molecular weight excluding hydrogens is 535 g/mol. The maximum atomic E-state index is 7.12. The fourth-order valence-electron chi connectivity index (χ4n) is 8.31. The molecule has 0 fully saturated rings. The molecule has 0 aromatic heterocycles. The van der Waals surface area contributed by atoms with Crippen molar-refractivity contribution in [2.45, 2.75) is 0 Å². The Bertz CT molecular complexity index is 2480. The molecule has 202 valence electrons. The van der Waals surface area contributed by atoms with Crippen molar-refractivity contribution >= 4 is 89.5 Å². The molecule has 8 aromatic carbocycles. The summed E-state index contributed by atoms with van der Waals surface area (Å²) in [6.45, 7) is 0.0491. The number of anilines is 6. The lowest BCUT2D eigenvalue weighted by atomic mass is 9.32. The zero-order chi connectivity index (χ0) is 28.5. The molecule has 8 aromatic rings. The zero-order valence-electron chi connectivity index (χ0n) is 23.7. The number of nitrogens with zero attached hydrogens (tertiary/aromatic N) is 2. The van der Waals surface area contributed by atoms with E-state index in [0.717, 1.165) is 22.9 Å². The van der Waals surface area contributed by atoms with Gasteiger partial charge in [-0.1, -0.05) is 84.9 Å². The lowest BCUT2D eigenvalue weighted by molar-refractivity contribution is 0.493. The van der Waals surface area contributed by atoms with E-state index in [1.54, 1.807) is 0 Å². The van der Waals surface area contributed by atoms with E-state index in [9.17, 15) is 0 Å². The second-order valence-corrected chi connectivity index (χ2v) is 12.0. The fourth-order valence-corrected chi connectivity index (χ4v) is 8.31. The third kappa shape index (κ3) is 2.66. The molecule has 44 heavy (non-hydrogen) atoms. The molecule has 3 aliphatic rings. The highest BCUT2D eigenvalue weighted by Crippen LogP contribution is 2.52. The summed E-state index contributed by atoms with van der Waals surface area (Å²) in [5.74, 6) is 1.92. The zero-order valence-corrected chi connectivity index (χ0v) is 23.7. The van der Waals surface area contributed by atoms with Crippen molar-refractivity contribution in [1.82, 2.24) is 0 Å². The van der Waals surface area contributed by atoms with Gasteiger partial charge < -0.3 is 14.5 Å². The van der Waals surface area contributed by atoms with Gasteiger partial charge in [0.15, 0.2) is 0 Å². The molecule has 3 aliphatic heterocycles. The molecule has 0 bridgehead atoms. The molecule has 0 aliphatic carbocycles. The fraction of sp³-hybridized carbons (Fsp3) is 0. The van der Waals surface area contributed by atoms with E-state index in [4.69, 9.17) is 4.74 Å². The second kappa shape index (κ2) is 8.00. The van der Waals surface area contributed by atoms with Crippen molar-refractivity contribution in [2.24, 2.45) is 0 Å². The van der Waals surface area contributed by atoms with Crippen LogP contribution >= 0.6 is 0 Å². The van der Waals surface area contributed by atoms with Crippen LogP contribution in [-0.2, 0) is 0 Å². The molecule has 0 amide bonds. The van der Waals surface area contributed by atoms with Gasteiger partial charge in [0.25, 0.3) is 6.71 Å². The molecule has 0 radical (unpaired) electrons. The number of ether oxygens (including phenoxy) is 1. The smallest absolute Gasteiger partial charge is 0.261 e. The molecule has 11 rings (SSSR count). The van der Waals surface area contributed by atoms with Gasteiger partial charge in [-0.2, -0.15) is 0 Å². The number of hydrogen-bond acceptors (Lipinski definition) is 3. The summed E-state index contributed by atoms with van der Waals surface area (Å²) in [7, 11) is 0. The molecule has 0 N–H and O–H groups in total. The Balaban J connectivity index is 1.36. The van der Waals surface area contributed by atoms with Crippen molar-refractivity contribution < 1.29 is 4.74 Å². The van der Waals surface area contributed by atoms with E-state index < -0.39 is 0 Å². The average Bonchev–Trinajstić information content (AvgIpc) is 3.09. The predicted molar refractivity (Wildman–Crippen MR) is 184 cm³/mol. The van der Waals surface area contributed by atoms with Crippen LogP contribution in [0.2, 0.25) is 0 Å². The van der Waals surface area contributed by atoms with Gasteiger partial charge in [0.05, 0.1) is 5.69 Å². The Kier molecular flexibility index (Phi) is 4.15. The van der Waals surface area contributed by atoms with Crippen LogP contribution in [0.15, 0.2) is 140 Å². The molecule has 4 heteroatoms. The van der Waals surface area contributed by atoms with E-state index in [2.05, 4.69) is 149 Å². The number of hydrogen-bond donors (Lipinski definition) is 0. The summed E-state index contributed by atoms with van der Waals surface area (Å²) in [6, 6.07) is 50.7. The largest absolute Gasteiger partial charge is 0.458 e. The third-order valence-corrected chi connectivity index (χ3v) is 9.93. The molecule has 0 saturated heterocycles. The third-order valence-electron chi connectivity index (χ3n) is 9.93. The molecule has 3 nitrogen and oxygen atoms in total. The molecule has 0 saturated carbocycles. The van der Waals surface area contributed by atoms with Gasteiger partial charge in [-0.05, 0) is 87.1 Å². The van der Waals surface area contributed by atoms with Crippen LogP contribution in [0.4, 0.5) is 34.1 Å². The van der Waals surface area contributed by atoms with E-state index in [1.807, 2.05) is 0 Å². The Labute approximate surface area is 254 Å². The molecule has 0 spiro atoms. The Morgan fingerprint density at radius 3 is 1.75 bits per heavy atom. The standard InChI is InChI=1S/C40H23BN2O/c1-3-12-26(13-4-1)42-30-16-8-17-31-36(30)41-37-32(42)18-9-19-33(37)44-40-29-23-21-25-11-7-10-24-20-22-28(35(29)34(24)25)39(38(40)41)43(31)27-14-5-2-6-15-27/h1-23H. The highest BCUT2D eigenvalue weighted by atomic mass is 16.5. The lowest BCUT2D eigenvalue weighted by Gasteiger charge is -2.47. The number of fused-ring (bicyclic) bond motifs is 2. The first-order valence-electron chi connectivity index (χ1n) is 15.2. The summed E-state index contributed by atoms with van der Waals surface area (Å²) in [5, 5.41) is 7.53. The monoisotopic (exact) mass is 558 g/mol. The van der Waals surface area contributed by atoms with Crippen LogP contribution in [0.3, 0.4) is 0 Å². The van der Waals surface area contributed by atoms with E-state index >= 15 is 0 Å². The summed E-state index contributed by atoms with van der Waals surface area (Å²) < 4.78 is 7.12. The van der Waals surface area contributed by atoms with Gasteiger partial charge in [0.2, 0.25) is 0 Å². The van der Waals surface area contributed by atoms with Crippen molar-refractivity contribution in [1.29, 1.82) is 0 Å². The first kappa shape index (κ1) is 22.8. The topological polar surface area (TPSA) is 15.7 Å². The van der Waals surface area contributed by atoms with E-state index in [1.165, 1.54) is 71.5 Å². The number of rotatable bonds is 2. The van der Waals surface area contributed by atoms with Gasteiger partial charge >= 0.3 is 0 Å². The molecular formula is C40H23BN2O. The highest BCUT2D eigenvalue weighted by Gasteiger charge is 2.49. The average molecular weight is 558 g/mol. The molecule has 0 atom stereocenters. The minimum Gasteiger partial charge on any atom is -0.458 e. The SMILES string of the molecule is c1ccc(N2c3cccc4c3B3c5c2cccc5N(c2ccccc2)c2c3c(c3ccc5cccc6ccc2c3c56)O4)cc1. The second-order valence-electron chi connectivity index (χ2n) is 12.0. The van der Waals surface area contributed by atoms with Gasteiger partial charge in [0.1, 0.15) is 11.5 Å². The summed E-state index contributed by atoms with van der Waals surface area (Å²) in [4.78, 5) is 4.91. The van der Waals surface area contributed by atoms with Gasteiger partial charge in [0, 0.05) is 44.6 Å². The Morgan fingerprint density at radius 1 is 0.432 bits per heavy atom. The quantitative estimate of drug-likeness (QED) is 0.156. The summed E-state index contributed by atoms with van der Waals surface area (Å²) in [6.07, 6.45) is 0. The minimum atomic E-state index is 0.0491. The lowest BCUT2D eigenvalue weighted by Crippen LogP contribution is -2.63. The van der Waals surface area contributed by atoms with Crippen LogP contribution in [0, 0.1) is 0 Å². The highest BCUT2D eigenvalue weighted by molar-refractivity contribution is 7.02. The predicted octanol–water partition coefficient (Wildman–Crippen LogP) is 8.77. The van der Waals surface area contributed by atoms with Gasteiger partial charge in [-0.3, -0.25) is 0 Å². The van der Waals surface area contributed by atoms with Crippen LogP contribution in [0.5, 0.6) is 11.5 Å². The molecule has 0 unspecified atom stereocenters. The normalized spacial score (nSPS) is 14.0. The van der Waals surface area contributed by atoms with Crippen LogP contribution in [-0.4, -0.2) is 6.71 Å². The van der Waals surface area contributed by atoms with Crippen molar-refractivity contribution in [3.8, 4) is 11.5 Å². The maximum absolute atomic E-state index is 7.12. The molecule has 3 heterocycles. The number of para-hydroxylation sites is 2. The summed E-state index contributed by atoms with van der Waals surface area (Å²) in [5.41, 5.74) is 10.9.